The van der Waals surface area contributed by atoms with Gasteiger partial charge in [0.1, 0.15) is 17.4 Å². The van der Waals surface area contributed by atoms with Gasteiger partial charge in [0.2, 0.25) is 5.91 Å². The Morgan fingerprint density at radius 1 is 1.16 bits per heavy atom. The van der Waals surface area contributed by atoms with Gasteiger partial charge < -0.3 is 9.64 Å². The Kier molecular flexibility index (Phi) is 4.99. The summed E-state index contributed by atoms with van der Waals surface area (Å²) in [4.78, 5) is 16.4. The van der Waals surface area contributed by atoms with E-state index in [1.807, 2.05) is 29.2 Å². The lowest BCUT2D eigenvalue weighted by atomic mass is 10.1. The SMILES string of the molecule is COc1ccccc1N1CCN(Cc2ccc(F)cc2F)[C@@H](C)C1=O. The van der Waals surface area contributed by atoms with E-state index in [2.05, 4.69) is 0 Å². The zero-order chi connectivity index (χ0) is 18.0. The Labute approximate surface area is 145 Å². The van der Waals surface area contributed by atoms with Crippen LogP contribution in [0.3, 0.4) is 0 Å². The fourth-order valence-corrected chi connectivity index (χ4v) is 3.09. The highest BCUT2D eigenvalue weighted by molar-refractivity contribution is 5.98. The number of rotatable bonds is 4. The maximum Gasteiger partial charge on any atom is 0.244 e. The van der Waals surface area contributed by atoms with E-state index in [4.69, 9.17) is 4.74 Å². The van der Waals surface area contributed by atoms with Crippen molar-refractivity contribution in [3.05, 3.63) is 59.7 Å². The van der Waals surface area contributed by atoms with Crippen molar-refractivity contribution in [2.24, 2.45) is 0 Å². The molecule has 6 heteroatoms. The molecular formula is C19H20F2N2O2. The highest BCUT2D eigenvalue weighted by atomic mass is 19.1. The fourth-order valence-electron chi connectivity index (χ4n) is 3.09. The summed E-state index contributed by atoms with van der Waals surface area (Å²) >= 11 is 0. The average Bonchev–Trinajstić information content (AvgIpc) is 2.61. The number of hydrogen-bond donors (Lipinski definition) is 0. The van der Waals surface area contributed by atoms with Gasteiger partial charge in [-0.15, -0.1) is 0 Å². The lowest BCUT2D eigenvalue weighted by molar-refractivity contribution is -0.125. The van der Waals surface area contributed by atoms with Crippen LogP contribution in [0.25, 0.3) is 0 Å². The van der Waals surface area contributed by atoms with E-state index >= 15 is 0 Å². The van der Waals surface area contributed by atoms with Crippen molar-refractivity contribution in [1.82, 2.24) is 4.90 Å². The maximum atomic E-state index is 13.9. The van der Waals surface area contributed by atoms with Gasteiger partial charge in [-0.05, 0) is 25.1 Å². The molecule has 1 atom stereocenters. The second-order valence-corrected chi connectivity index (χ2v) is 6.04. The molecule has 1 saturated heterocycles. The van der Waals surface area contributed by atoms with E-state index in [-0.39, 0.29) is 12.5 Å². The molecule has 2 aromatic carbocycles. The van der Waals surface area contributed by atoms with Crippen molar-refractivity contribution in [3.63, 3.8) is 0 Å². The number of carbonyl (C=O) groups excluding carboxylic acids is 1. The number of methoxy groups -OCH3 is 1. The van der Waals surface area contributed by atoms with Gasteiger partial charge in [-0.2, -0.15) is 0 Å². The van der Waals surface area contributed by atoms with Crippen molar-refractivity contribution in [3.8, 4) is 5.75 Å². The number of hydrogen-bond acceptors (Lipinski definition) is 3. The molecule has 1 heterocycles. The van der Waals surface area contributed by atoms with Gasteiger partial charge >= 0.3 is 0 Å². The molecule has 0 N–H and O–H groups in total. The molecule has 0 aliphatic carbocycles. The first-order valence-corrected chi connectivity index (χ1v) is 8.13. The molecule has 0 bridgehead atoms. The number of para-hydroxylation sites is 2. The van der Waals surface area contributed by atoms with Crippen molar-refractivity contribution in [2.45, 2.75) is 19.5 Å². The van der Waals surface area contributed by atoms with Crippen molar-refractivity contribution >= 4 is 11.6 Å². The van der Waals surface area contributed by atoms with Crippen LogP contribution in [0.1, 0.15) is 12.5 Å². The first kappa shape index (κ1) is 17.4. The second kappa shape index (κ2) is 7.19. The van der Waals surface area contributed by atoms with E-state index in [0.29, 0.717) is 24.4 Å². The first-order chi connectivity index (χ1) is 12.0. The highest BCUT2D eigenvalue weighted by Crippen LogP contribution is 2.30. The quantitative estimate of drug-likeness (QED) is 0.852. The zero-order valence-electron chi connectivity index (χ0n) is 14.2. The summed E-state index contributed by atoms with van der Waals surface area (Å²) in [5.41, 5.74) is 1.11. The number of benzene rings is 2. The minimum Gasteiger partial charge on any atom is -0.495 e. The molecule has 1 aliphatic rings. The van der Waals surface area contributed by atoms with Gasteiger partial charge in [0.15, 0.2) is 0 Å². The summed E-state index contributed by atoms with van der Waals surface area (Å²) in [6.45, 7) is 3.12. The van der Waals surface area contributed by atoms with Crippen LogP contribution < -0.4 is 9.64 Å². The molecule has 0 radical (unpaired) electrons. The molecular weight excluding hydrogens is 326 g/mol. The van der Waals surface area contributed by atoms with Crippen LogP contribution in [0.4, 0.5) is 14.5 Å². The Hall–Kier alpha value is -2.47. The lowest BCUT2D eigenvalue weighted by Gasteiger charge is -2.39. The van der Waals surface area contributed by atoms with E-state index < -0.39 is 17.7 Å². The first-order valence-electron chi connectivity index (χ1n) is 8.13. The molecule has 132 valence electrons. The maximum absolute atomic E-state index is 13.9. The van der Waals surface area contributed by atoms with Gasteiger partial charge in [0.05, 0.1) is 18.8 Å². The molecule has 0 spiro atoms. The molecule has 1 amide bonds. The Bertz CT molecular complexity index is 782. The van der Waals surface area contributed by atoms with Crippen molar-refractivity contribution < 1.29 is 18.3 Å². The molecule has 0 aromatic heterocycles. The number of nitrogens with zero attached hydrogens (tertiary/aromatic N) is 2. The molecule has 0 saturated carbocycles. The Balaban J connectivity index is 1.77. The molecule has 1 aliphatic heterocycles. The third-order valence-corrected chi connectivity index (χ3v) is 4.55. The van der Waals surface area contributed by atoms with Crippen molar-refractivity contribution in [1.29, 1.82) is 0 Å². The number of ether oxygens (including phenoxy) is 1. The number of halogens is 2. The van der Waals surface area contributed by atoms with Gasteiger partial charge in [0.25, 0.3) is 0 Å². The average molecular weight is 346 g/mol. The number of anilines is 1. The zero-order valence-corrected chi connectivity index (χ0v) is 14.2. The van der Waals surface area contributed by atoms with E-state index in [9.17, 15) is 13.6 Å². The Morgan fingerprint density at radius 2 is 1.92 bits per heavy atom. The van der Waals surface area contributed by atoms with E-state index in [1.165, 1.54) is 12.1 Å². The third-order valence-electron chi connectivity index (χ3n) is 4.55. The summed E-state index contributed by atoms with van der Waals surface area (Å²) in [6.07, 6.45) is 0. The molecule has 4 nitrogen and oxygen atoms in total. The normalized spacial score (nSPS) is 18.5. The summed E-state index contributed by atoms with van der Waals surface area (Å²) < 4.78 is 32.3. The highest BCUT2D eigenvalue weighted by Gasteiger charge is 2.33. The van der Waals surface area contributed by atoms with Crippen LogP contribution in [-0.4, -0.2) is 37.0 Å². The molecule has 1 fully saturated rings. The number of carbonyl (C=O) groups is 1. The van der Waals surface area contributed by atoms with Crippen LogP contribution in [0, 0.1) is 11.6 Å². The molecule has 2 aromatic rings. The van der Waals surface area contributed by atoms with Crippen LogP contribution >= 0.6 is 0 Å². The predicted octanol–water partition coefficient (Wildman–Crippen LogP) is 3.21. The standard InChI is InChI=1S/C19H20F2N2O2/c1-13-19(24)23(17-5-3-4-6-18(17)25-2)10-9-22(13)12-14-7-8-15(20)11-16(14)21/h3-8,11,13H,9-10,12H2,1-2H3/t13-/m0/s1. The third kappa shape index (κ3) is 3.49. The summed E-state index contributed by atoms with van der Waals surface area (Å²) in [7, 11) is 1.57. The van der Waals surface area contributed by atoms with E-state index in [1.54, 1.807) is 18.9 Å². The topological polar surface area (TPSA) is 32.8 Å². The van der Waals surface area contributed by atoms with Gasteiger partial charge in [-0.25, -0.2) is 8.78 Å². The summed E-state index contributed by atoms with van der Waals surface area (Å²) in [6, 6.07) is 10.5. The minimum atomic E-state index is -0.605. The van der Waals surface area contributed by atoms with Gasteiger partial charge in [-0.1, -0.05) is 18.2 Å². The largest absolute Gasteiger partial charge is 0.495 e. The van der Waals surface area contributed by atoms with Crippen molar-refractivity contribution in [2.75, 3.05) is 25.1 Å². The second-order valence-electron chi connectivity index (χ2n) is 6.04. The Morgan fingerprint density at radius 3 is 2.64 bits per heavy atom. The van der Waals surface area contributed by atoms with Gasteiger partial charge in [-0.3, -0.25) is 9.69 Å². The summed E-state index contributed by atoms with van der Waals surface area (Å²) in [5, 5.41) is 0. The lowest BCUT2D eigenvalue weighted by Crippen LogP contribution is -2.55. The van der Waals surface area contributed by atoms with Gasteiger partial charge in [0, 0.05) is 31.3 Å². The van der Waals surface area contributed by atoms with E-state index in [0.717, 1.165) is 11.8 Å². The monoisotopic (exact) mass is 346 g/mol. The van der Waals surface area contributed by atoms with Crippen LogP contribution in [-0.2, 0) is 11.3 Å². The molecule has 25 heavy (non-hydrogen) atoms. The minimum absolute atomic E-state index is 0.0710. The number of amides is 1. The molecule has 0 unspecified atom stereocenters. The van der Waals surface area contributed by atoms with Crippen LogP contribution in [0.5, 0.6) is 5.75 Å². The van der Waals surface area contributed by atoms with Crippen LogP contribution in [0.2, 0.25) is 0 Å². The number of piperazine rings is 1. The summed E-state index contributed by atoms with van der Waals surface area (Å²) in [5.74, 6) is -0.627. The molecule has 3 rings (SSSR count). The smallest absolute Gasteiger partial charge is 0.244 e. The fraction of sp³-hybridized carbons (Fsp3) is 0.316. The predicted molar refractivity (Wildman–Crippen MR) is 91.6 cm³/mol. The van der Waals surface area contributed by atoms with Crippen LogP contribution in [0.15, 0.2) is 42.5 Å².